The fourth-order valence-corrected chi connectivity index (χ4v) is 2.79. The van der Waals surface area contributed by atoms with Gasteiger partial charge in [-0.3, -0.25) is 28.8 Å². The molecule has 0 aliphatic carbocycles. The number of primary amides is 2. The van der Waals surface area contributed by atoms with Crippen LogP contribution in [0.5, 0.6) is 0 Å². The second-order valence-electron chi connectivity index (χ2n) is 5.07. The summed E-state index contributed by atoms with van der Waals surface area (Å²) >= 11 is 0. The minimum atomic E-state index is -2.50. The highest BCUT2D eigenvalue weighted by molar-refractivity contribution is 6.13. The minimum Gasteiger partial charge on any atom is -0.370 e. The number of carbonyl (C=O) groups is 6. The van der Waals surface area contributed by atoms with E-state index in [0.717, 1.165) is 0 Å². The van der Waals surface area contributed by atoms with Crippen LogP contribution < -0.4 is 11.5 Å². The van der Waals surface area contributed by atoms with Crippen molar-refractivity contribution in [1.29, 1.82) is 0 Å². The van der Waals surface area contributed by atoms with Gasteiger partial charge in [0, 0.05) is 25.7 Å². The van der Waals surface area contributed by atoms with Crippen molar-refractivity contribution in [3.8, 4) is 0 Å². The molecule has 10 heteroatoms. The van der Waals surface area contributed by atoms with Crippen LogP contribution in [-0.2, 0) is 28.8 Å². The first kappa shape index (κ1) is 15.6. The average molecular weight is 310 g/mol. The predicted molar refractivity (Wildman–Crippen MR) is 67.9 cm³/mol. The number of nitrogens with zero attached hydrogens (tertiary/aromatic N) is 2. The Balaban J connectivity index is 2.66. The molecule has 4 N–H and O–H groups in total. The van der Waals surface area contributed by atoms with E-state index in [9.17, 15) is 28.8 Å². The van der Waals surface area contributed by atoms with Crippen LogP contribution in [0.15, 0.2) is 0 Å². The molecular formula is C12H14N4O6. The second kappa shape index (κ2) is 5.20. The van der Waals surface area contributed by atoms with Crippen molar-refractivity contribution in [3.63, 3.8) is 0 Å². The largest absolute Gasteiger partial charge is 0.370 e. The Kier molecular flexibility index (Phi) is 3.69. The number of amides is 6. The Morgan fingerprint density at radius 1 is 0.818 bits per heavy atom. The molecule has 0 unspecified atom stereocenters. The van der Waals surface area contributed by atoms with Crippen LogP contribution in [0.25, 0.3) is 0 Å². The van der Waals surface area contributed by atoms with Crippen molar-refractivity contribution < 1.29 is 28.8 Å². The lowest BCUT2D eigenvalue weighted by atomic mass is 9.99. The number of likely N-dealkylation sites (tertiary alicyclic amines) is 2. The first-order chi connectivity index (χ1) is 10.2. The molecular weight excluding hydrogens is 296 g/mol. The van der Waals surface area contributed by atoms with E-state index in [2.05, 4.69) is 0 Å². The number of nitrogens with two attached hydrogens (primary N) is 2. The summed E-state index contributed by atoms with van der Waals surface area (Å²) in [5.41, 5.74) is 7.88. The Bertz CT molecular complexity index is 545. The van der Waals surface area contributed by atoms with Crippen molar-refractivity contribution in [1.82, 2.24) is 9.80 Å². The number of rotatable bonds is 5. The van der Waals surface area contributed by atoms with Crippen molar-refractivity contribution in [2.75, 3.05) is 0 Å². The molecule has 0 spiro atoms. The summed E-state index contributed by atoms with van der Waals surface area (Å²) in [6.45, 7) is 0. The van der Waals surface area contributed by atoms with E-state index >= 15 is 0 Å². The molecule has 0 bridgehead atoms. The van der Waals surface area contributed by atoms with Crippen molar-refractivity contribution >= 4 is 35.4 Å². The Labute approximate surface area is 124 Å². The predicted octanol–water partition coefficient (Wildman–Crippen LogP) is -2.66. The van der Waals surface area contributed by atoms with Crippen molar-refractivity contribution in [3.05, 3.63) is 0 Å². The molecule has 0 aromatic heterocycles. The first-order valence-corrected chi connectivity index (χ1v) is 6.52. The van der Waals surface area contributed by atoms with E-state index in [1.165, 1.54) is 0 Å². The molecule has 0 saturated carbocycles. The molecule has 2 aliphatic heterocycles. The monoisotopic (exact) mass is 310 g/mol. The third-order valence-electron chi connectivity index (χ3n) is 3.66. The molecule has 22 heavy (non-hydrogen) atoms. The zero-order valence-electron chi connectivity index (χ0n) is 11.5. The van der Waals surface area contributed by atoms with Crippen LogP contribution in [0.1, 0.15) is 32.1 Å². The lowest BCUT2D eigenvalue weighted by molar-refractivity contribution is -0.174. The Morgan fingerprint density at radius 2 is 1.14 bits per heavy atom. The first-order valence-electron chi connectivity index (χ1n) is 6.52. The molecule has 0 atom stereocenters. The van der Waals surface area contributed by atoms with Crippen molar-refractivity contribution in [2.24, 2.45) is 11.5 Å². The van der Waals surface area contributed by atoms with Gasteiger partial charge in [-0.1, -0.05) is 0 Å². The normalized spacial score (nSPS) is 19.3. The van der Waals surface area contributed by atoms with Crippen LogP contribution in [0.4, 0.5) is 0 Å². The molecule has 2 heterocycles. The lowest BCUT2D eigenvalue weighted by Gasteiger charge is -2.42. The molecule has 2 fully saturated rings. The van der Waals surface area contributed by atoms with E-state index in [1.54, 1.807) is 0 Å². The molecule has 0 radical (unpaired) electrons. The lowest BCUT2D eigenvalue weighted by Crippen LogP contribution is -2.71. The molecule has 6 amide bonds. The third-order valence-corrected chi connectivity index (χ3v) is 3.66. The maximum Gasteiger partial charge on any atom is 0.265 e. The van der Waals surface area contributed by atoms with Gasteiger partial charge in [0.1, 0.15) is 0 Å². The summed E-state index contributed by atoms with van der Waals surface area (Å²) in [6.07, 6.45) is -1.74. The summed E-state index contributed by atoms with van der Waals surface area (Å²) in [5.74, 6) is -5.59. The quantitative estimate of drug-likeness (QED) is 0.527. The van der Waals surface area contributed by atoms with Gasteiger partial charge in [-0.05, 0) is 0 Å². The summed E-state index contributed by atoms with van der Waals surface area (Å²) in [5, 5.41) is 0. The second-order valence-corrected chi connectivity index (χ2v) is 5.07. The van der Waals surface area contributed by atoms with Gasteiger partial charge < -0.3 is 11.5 Å². The molecule has 2 saturated heterocycles. The van der Waals surface area contributed by atoms with Gasteiger partial charge in [0.2, 0.25) is 35.2 Å². The molecule has 0 aromatic carbocycles. The summed E-state index contributed by atoms with van der Waals surface area (Å²) < 4.78 is 0. The smallest absolute Gasteiger partial charge is 0.265 e. The fourth-order valence-electron chi connectivity index (χ4n) is 2.79. The van der Waals surface area contributed by atoms with Crippen LogP contribution >= 0.6 is 0 Å². The molecule has 0 aromatic rings. The number of imide groups is 2. The van der Waals surface area contributed by atoms with E-state index in [4.69, 9.17) is 11.5 Å². The maximum atomic E-state index is 12.0. The van der Waals surface area contributed by atoms with E-state index < -0.39 is 47.5 Å². The molecule has 118 valence electrons. The summed E-state index contributed by atoms with van der Waals surface area (Å²) in [6, 6.07) is 0. The number of hydrogen-bond donors (Lipinski definition) is 2. The SMILES string of the molecule is NC(=O)CC(C(N)=O)(N1C(=O)CCC1=O)N1C(=O)CCC1=O. The number of hydrogen-bond acceptors (Lipinski definition) is 6. The van der Waals surface area contributed by atoms with E-state index in [1.807, 2.05) is 0 Å². The van der Waals surface area contributed by atoms with Crippen LogP contribution in [0.3, 0.4) is 0 Å². The molecule has 2 aliphatic rings. The topological polar surface area (TPSA) is 161 Å². The van der Waals surface area contributed by atoms with Gasteiger partial charge in [0.05, 0.1) is 6.42 Å². The van der Waals surface area contributed by atoms with E-state index in [-0.39, 0.29) is 25.7 Å². The zero-order chi connectivity index (χ0) is 16.7. The van der Waals surface area contributed by atoms with Gasteiger partial charge in [0.25, 0.3) is 5.91 Å². The van der Waals surface area contributed by atoms with Gasteiger partial charge >= 0.3 is 0 Å². The van der Waals surface area contributed by atoms with Gasteiger partial charge in [-0.15, -0.1) is 0 Å². The van der Waals surface area contributed by atoms with Crippen LogP contribution in [0, 0.1) is 0 Å². The standard InChI is InChI=1S/C12H14N4O6/c13-6(17)5-12(11(14)22,15-7(18)1-2-8(15)19)16-9(20)3-4-10(16)21/h1-5H2,(H2,13,17)(H2,14,22). The minimum absolute atomic E-state index is 0.206. The highest BCUT2D eigenvalue weighted by atomic mass is 16.2. The summed E-state index contributed by atoms with van der Waals surface area (Å²) in [4.78, 5) is 72.2. The van der Waals surface area contributed by atoms with Crippen LogP contribution in [-0.4, -0.2) is 50.9 Å². The number of carbonyl (C=O) groups excluding carboxylic acids is 6. The average Bonchev–Trinajstić information content (AvgIpc) is 2.91. The zero-order valence-corrected chi connectivity index (χ0v) is 11.5. The van der Waals surface area contributed by atoms with Crippen LogP contribution in [0.2, 0.25) is 0 Å². The Hall–Kier alpha value is -2.78. The van der Waals surface area contributed by atoms with Gasteiger partial charge in [0.15, 0.2) is 0 Å². The molecule has 10 nitrogen and oxygen atoms in total. The van der Waals surface area contributed by atoms with Gasteiger partial charge in [-0.2, -0.15) is 0 Å². The Morgan fingerprint density at radius 3 is 1.36 bits per heavy atom. The van der Waals surface area contributed by atoms with Gasteiger partial charge in [-0.25, -0.2) is 9.80 Å². The highest BCUT2D eigenvalue weighted by Gasteiger charge is 2.60. The maximum absolute atomic E-state index is 12.0. The third kappa shape index (κ3) is 2.12. The fraction of sp³-hybridized carbons (Fsp3) is 0.500. The summed E-state index contributed by atoms with van der Waals surface area (Å²) in [7, 11) is 0. The highest BCUT2D eigenvalue weighted by Crippen LogP contribution is 2.34. The molecule has 2 rings (SSSR count). The van der Waals surface area contributed by atoms with E-state index in [0.29, 0.717) is 9.80 Å². The van der Waals surface area contributed by atoms with Crippen molar-refractivity contribution in [2.45, 2.75) is 37.8 Å².